The first-order valence-corrected chi connectivity index (χ1v) is 13.5. The van der Waals surface area contributed by atoms with Gasteiger partial charge in [0.15, 0.2) is 17.5 Å². The maximum atomic E-state index is 5.03. The Hall–Kier alpha value is -5.41. The van der Waals surface area contributed by atoms with Gasteiger partial charge in [0.2, 0.25) is 0 Å². The minimum atomic E-state index is 0.663. The molecule has 0 aliphatic rings. The Bertz CT molecular complexity index is 2180. The minimum absolute atomic E-state index is 0.663. The third-order valence-corrected chi connectivity index (χ3v) is 7.68. The Balaban J connectivity index is 1.38. The number of rotatable bonds is 3. The molecule has 0 bridgehead atoms. The van der Waals surface area contributed by atoms with Crippen LogP contribution in [0.2, 0.25) is 0 Å². The van der Waals surface area contributed by atoms with Gasteiger partial charge in [0.05, 0.1) is 0 Å². The van der Waals surface area contributed by atoms with E-state index in [0.29, 0.717) is 17.5 Å². The van der Waals surface area contributed by atoms with Gasteiger partial charge in [0, 0.05) is 16.7 Å². The molecule has 0 radical (unpaired) electrons. The fraction of sp³-hybridized carbons (Fsp3) is 0. The summed E-state index contributed by atoms with van der Waals surface area (Å²) in [5.74, 6) is 1.99. The largest absolute Gasteiger partial charge is 0.208 e. The van der Waals surface area contributed by atoms with Gasteiger partial charge in [0.25, 0.3) is 0 Å². The van der Waals surface area contributed by atoms with Crippen molar-refractivity contribution >= 4 is 43.1 Å². The molecular formula is C37H23N3. The first-order chi connectivity index (χ1) is 19.8. The van der Waals surface area contributed by atoms with E-state index < -0.39 is 0 Å². The topological polar surface area (TPSA) is 38.7 Å². The number of nitrogens with zero attached hydrogens (tertiary/aromatic N) is 3. The SMILES string of the molecule is c1ccc(-c2nc(-c3ccc4ccccc4c3)nc(-c3ccc4c5ccccc5c5ccccc5c4c3)n2)cc1. The molecule has 0 N–H and O–H groups in total. The van der Waals surface area contributed by atoms with Crippen LogP contribution in [0.4, 0.5) is 0 Å². The van der Waals surface area contributed by atoms with Crippen LogP contribution in [0.5, 0.6) is 0 Å². The summed E-state index contributed by atoms with van der Waals surface area (Å²) in [7, 11) is 0. The van der Waals surface area contributed by atoms with Gasteiger partial charge in [-0.3, -0.25) is 0 Å². The van der Waals surface area contributed by atoms with Crippen molar-refractivity contribution in [1.82, 2.24) is 15.0 Å². The molecule has 0 saturated carbocycles. The molecule has 0 spiro atoms. The van der Waals surface area contributed by atoms with Crippen LogP contribution < -0.4 is 0 Å². The second-order valence-electron chi connectivity index (χ2n) is 10.1. The maximum Gasteiger partial charge on any atom is 0.164 e. The molecule has 0 atom stereocenters. The standard InChI is InChI=1S/C37H23N3/c1-2-11-25(12-3-1)35-38-36(27-19-18-24-10-4-5-13-26(24)22-27)40-37(39-35)28-20-21-33-31-16-7-6-14-29(31)30-15-8-9-17-32(30)34(33)23-28/h1-23H. The van der Waals surface area contributed by atoms with Crippen LogP contribution in [-0.2, 0) is 0 Å². The predicted molar refractivity (Wildman–Crippen MR) is 166 cm³/mol. The second-order valence-corrected chi connectivity index (χ2v) is 10.1. The predicted octanol–water partition coefficient (Wildman–Crippen LogP) is 9.49. The first-order valence-electron chi connectivity index (χ1n) is 13.5. The van der Waals surface area contributed by atoms with Crippen molar-refractivity contribution in [3.05, 3.63) is 140 Å². The molecule has 0 saturated heterocycles. The fourth-order valence-corrected chi connectivity index (χ4v) is 5.73. The van der Waals surface area contributed by atoms with Gasteiger partial charge in [-0.05, 0) is 55.2 Å². The van der Waals surface area contributed by atoms with Crippen LogP contribution >= 0.6 is 0 Å². The van der Waals surface area contributed by atoms with E-state index in [1.165, 1.54) is 37.7 Å². The number of hydrogen-bond acceptors (Lipinski definition) is 3. The van der Waals surface area contributed by atoms with Crippen molar-refractivity contribution in [3.63, 3.8) is 0 Å². The first kappa shape index (κ1) is 22.6. The van der Waals surface area contributed by atoms with E-state index in [4.69, 9.17) is 15.0 Å². The summed E-state index contributed by atoms with van der Waals surface area (Å²) < 4.78 is 0. The van der Waals surface area contributed by atoms with Crippen LogP contribution in [0.25, 0.3) is 77.3 Å². The Morgan fingerprint density at radius 2 is 0.725 bits per heavy atom. The molecule has 40 heavy (non-hydrogen) atoms. The molecule has 8 aromatic rings. The number of aromatic nitrogens is 3. The highest BCUT2D eigenvalue weighted by Gasteiger charge is 2.15. The lowest BCUT2D eigenvalue weighted by molar-refractivity contribution is 1.08. The molecule has 186 valence electrons. The van der Waals surface area contributed by atoms with E-state index in [9.17, 15) is 0 Å². The van der Waals surface area contributed by atoms with Crippen molar-refractivity contribution < 1.29 is 0 Å². The van der Waals surface area contributed by atoms with E-state index in [-0.39, 0.29) is 0 Å². The lowest BCUT2D eigenvalue weighted by atomic mass is 9.93. The monoisotopic (exact) mass is 509 g/mol. The molecule has 0 fully saturated rings. The van der Waals surface area contributed by atoms with Crippen LogP contribution in [0, 0.1) is 0 Å². The highest BCUT2D eigenvalue weighted by molar-refractivity contribution is 6.25. The molecule has 0 unspecified atom stereocenters. The van der Waals surface area contributed by atoms with Gasteiger partial charge in [-0.2, -0.15) is 0 Å². The van der Waals surface area contributed by atoms with Crippen molar-refractivity contribution in [1.29, 1.82) is 0 Å². The summed E-state index contributed by atoms with van der Waals surface area (Å²) in [6, 6.07) is 48.7. The molecule has 0 amide bonds. The summed E-state index contributed by atoms with van der Waals surface area (Å²) in [6.07, 6.45) is 0. The molecule has 3 nitrogen and oxygen atoms in total. The third-order valence-electron chi connectivity index (χ3n) is 7.68. The molecule has 8 rings (SSSR count). The Labute approximate surface area is 231 Å². The Kier molecular flexibility index (Phi) is 5.14. The van der Waals surface area contributed by atoms with Crippen molar-refractivity contribution in [2.45, 2.75) is 0 Å². The van der Waals surface area contributed by atoms with Gasteiger partial charge < -0.3 is 0 Å². The molecular weight excluding hydrogens is 486 g/mol. The lowest BCUT2D eigenvalue weighted by Crippen LogP contribution is -2.00. The molecule has 1 heterocycles. The van der Waals surface area contributed by atoms with Gasteiger partial charge in [-0.1, -0.05) is 127 Å². The summed E-state index contributed by atoms with van der Waals surface area (Å²) in [6.45, 7) is 0. The van der Waals surface area contributed by atoms with E-state index in [1.54, 1.807) is 0 Å². The molecule has 7 aromatic carbocycles. The van der Waals surface area contributed by atoms with E-state index in [0.717, 1.165) is 22.1 Å². The zero-order valence-electron chi connectivity index (χ0n) is 21.6. The van der Waals surface area contributed by atoms with Crippen LogP contribution in [0.3, 0.4) is 0 Å². The zero-order chi connectivity index (χ0) is 26.5. The Morgan fingerprint density at radius 1 is 0.275 bits per heavy atom. The van der Waals surface area contributed by atoms with Crippen molar-refractivity contribution in [2.75, 3.05) is 0 Å². The maximum absolute atomic E-state index is 5.03. The highest BCUT2D eigenvalue weighted by Crippen LogP contribution is 2.37. The van der Waals surface area contributed by atoms with Gasteiger partial charge in [0.1, 0.15) is 0 Å². The Morgan fingerprint density at radius 3 is 1.38 bits per heavy atom. The average Bonchev–Trinajstić information content (AvgIpc) is 3.04. The van der Waals surface area contributed by atoms with E-state index in [2.05, 4.69) is 109 Å². The fourth-order valence-electron chi connectivity index (χ4n) is 5.73. The second kappa shape index (κ2) is 9.11. The van der Waals surface area contributed by atoms with Crippen molar-refractivity contribution in [2.24, 2.45) is 0 Å². The van der Waals surface area contributed by atoms with Crippen LogP contribution in [-0.4, -0.2) is 15.0 Å². The smallest absolute Gasteiger partial charge is 0.164 e. The molecule has 0 aliphatic carbocycles. The normalized spacial score (nSPS) is 11.5. The molecule has 0 aliphatic heterocycles. The average molecular weight is 510 g/mol. The number of fused-ring (bicyclic) bond motifs is 7. The number of hydrogen-bond donors (Lipinski definition) is 0. The zero-order valence-corrected chi connectivity index (χ0v) is 21.6. The highest BCUT2D eigenvalue weighted by atomic mass is 15.0. The van der Waals surface area contributed by atoms with Crippen LogP contribution in [0.1, 0.15) is 0 Å². The third kappa shape index (κ3) is 3.71. The van der Waals surface area contributed by atoms with Gasteiger partial charge in [-0.15, -0.1) is 0 Å². The van der Waals surface area contributed by atoms with E-state index in [1.807, 2.05) is 30.3 Å². The lowest BCUT2D eigenvalue weighted by Gasteiger charge is -2.12. The summed E-state index contributed by atoms with van der Waals surface area (Å²) in [5, 5.41) is 9.77. The van der Waals surface area contributed by atoms with Gasteiger partial charge >= 0.3 is 0 Å². The summed E-state index contributed by atoms with van der Waals surface area (Å²) in [4.78, 5) is 15.0. The number of benzene rings is 7. The summed E-state index contributed by atoms with van der Waals surface area (Å²) >= 11 is 0. The van der Waals surface area contributed by atoms with Crippen LogP contribution in [0.15, 0.2) is 140 Å². The quantitative estimate of drug-likeness (QED) is 0.223. The minimum Gasteiger partial charge on any atom is -0.208 e. The summed E-state index contributed by atoms with van der Waals surface area (Å²) in [5.41, 5.74) is 2.90. The van der Waals surface area contributed by atoms with Gasteiger partial charge in [-0.25, -0.2) is 15.0 Å². The van der Waals surface area contributed by atoms with Crippen molar-refractivity contribution in [3.8, 4) is 34.2 Å². The van der Waals surface area contributed by atoms with E-state index >= 15 is 0 Å². The molecule has 3 heteroatoms. The molecule has 1 aromatic heterocycles.